The quantitative estimate of drug-likeness (QED) is 0.683. The average molecular weight is 170 g/mol. The Labute approximate surface area is 73.9 Å². The van der Waals surface area contributed by atoms with Gasteiger partial charge in [0.25, 0.3) is 0 Å². The van der Waals surface area contributed by atoms with Crippen molar-refractivity contribution in [3.05, 3.63) is 0 Å². The van der Waals surface area contributed by atoms with Gasteiger partial charge in [0.2, 0.25) is 0 Å². The van der Waals surface area contributed by atoms with Crippen molar-refractivity contribution in [1.29, 1.82) is 0 Å². The molecule has 2 aliphatic rings. The molecular formula is C10H18O2. The Kier molecular flexibility index (Phi) is 2.37. The van der Waals surface area contributed by atoms with E-state index < -0.39 is 0 Å². The second-order valence-corrected chi connectivity index (χ2v) is 4.23. The van der Waals surface area contributed by atoms with Gasteiger partial charge in [-0.2, -0.15) is 0 Å². The van der Waals surface area contributed by atoms with Gasteiger partial charge in [0, 0.05) is 12.0 Å². The first-order valence-electron chi connectivity index (χ1n) is 5.10. The van der Waals surface area contributed by atoms with E-state index in [-0.39, 0.29) is 5.41 Å². The van der Waals surface area contributed by atoms with Crippen molar-refractivity contribution in [1.82, 2.24) is 0 Å². The van der Waals surface area contributed by atoms with Crippen molar-refractivity contribution in [3.8, 4) is 0 Å². The smallest absolute Gasteiger partial charge is 0.0653 e. The summed E-state index contributed by atoms with van der Waals surface area (Å²) < 4.78 is 5.72. The van der Waals surface area contributed by atoms with E-state index in [2.05, 4.69) is 0 Å². The van der Waals surface area contributed by atoms with Gasteiger partial charge in [-0.05, 0) is 32.1 Å². The number of rotatable bonds is 2. The van der Waals surface area contributed by atoms with Gasteiger partial charge in [-0.15, -0.1) is 0 Å². The second-order valence-electron chi connectivity index (χ2n) is 4.23. The van der Waals surface area contributed by atoms with Crippen LogP contribution < -0.4 is 0 Å². The van der Waals surface area contributed by atoms with Crippen molar-refractivity contribution >= 4 is 0 Å². The molecule has 1 saturated heterocycles. The lowest BCUT2D eigenvalue weighted by Crippen LogP contribution is -2.47. The van der Waals surface area contributed by atoms with Crippen LogP contribution in [0.25, 0.3) is 0 Å². The van der Waals surface area contributed by atoms with Crippen LogP contribution in [0.4, 0.5) is 0 Å². The van der Waals surface area contributed by atoms with Crippen molar-refractivity contribution in [3.63, 3.8) is 0 Å². The lowest BCUT2D eigenvalue weighted by molar-refractivity contribution is -0.125. The summed E-state index contributed by atoms with van der Waals surface area (Å²) in [6.45, 7) is 1.24. The van der Waals surface area contributed by atoms with Crippen LogP contribution >= 0.6 is 0 Å². The molecule has 0 amide bonds. The highest BCUT2D eigenvalue weighted by Gasteiger charge is 2.44. The van der Waals surface area contributed by atoms with Gasteiger partial charge < -0.3 is 9.84 Å². The highest BCUT2D eigenvalue weighted by Crippen LogP contribution is 2.47. The zero-order valence-corrected chi connectivity index (χ0v) is 7.59. The molecule has 2 nitrogen and oxygen atoms in total. The van der Waals surface area contributed by atoms with Gasteiger partial charge in [-0.25, -0.2) is 0 Å². The Morgan fingerprint density at radius 3 is 2.50 bits per heavy atom. The van der Waals surface area contributed by atoms with Gasteiger partial charge in [0.1, 0.15) is 0 Å². The highest BCUT2D eigenvalue weighted by atomic mass is 16.5. The molecule has 0 spiro atoms. The lowest BCUT2D eigenvalue weighted by atomic mass is 9.64. The first-order chi connectivity index (χ1) is 5.87. The van der Waals surface area contributed by atoms with Crippen LogP contribution in [0.15, 0.2) is 0 Å². The van der Waals surface area contributed by atoms with E-state index in [0.717, 1.165) is 6.61 Å². The van der Waals surface area contributed by atoms with Gasteiger partial charge in [0.05, 0.1) is 12.7 Å². The summed E-state index contributed by atoms with van der Waals surface area (Å²) in [5, 5.41) is 9.31. The third-order valence-electron chi connectivity index (χ3n) is 3.53. The molecule has 0 radical (unpaired) electrons. The molecule has 1 aliphatic carbocycles. The molecule has 1 unspecified atom stereocenters. The standard InChI is InChI=1S/C10H18O2/c11-8-10(5-3-6-10)9-4-1-2-7-12-9/h9,11H,1-8H2. The van der Waals surface area contributed by atoms with Crippen LogP contribution in [-0.2, 0) is 4.74 Å². The van der Waals surface area contributed by atoms with Crippen LogP contribution in [-0.4, -0.2) is 24.4 Å². The van der Waals surface area contributed by atoms with Crippen LogP contribution in [0.1, 0.15) is 38.5 Å². The minimum absolute atomic E-state index is 0.167. The minimum atomic E-state index is 0.167. The molecule has 1 saturated carbocycles. The largest absolute Gasteiger partial charge is 0.396 e. The first kappa shape index (κ1) is 8.52. The van der Waals surface area contributed by atoms with E-state index in [0.29, 0.717) is 12.7 Å². The third kappa shape index (κ3) is 1.27. The van der Waals surface area contributed by atoms with Gasteiger partial charge >= 0.3 is 0 Å². The molecule has 2 fully saturated rings. The molecule has 2 rings (SSSR count). The fourth-order valence-electron chi connectivity index (χ4n) is 2.44. The summed E-state index contributed by atoms with van der Waals surface area (Å²) >= 11 is 0. The second kappa shape index (κ2) is 3.35. The monoisotopic (exact) mass is 170 g/mol. The lowest BCUT2D eigenvalue weighted by Gasteiger charge is -2.47. The zero-order chi connectivity index (χ0) is 8.44. The Bertz CT molecular complexity index is 140. The number of hydrogen-bond donors (Lipinski definition) is 1. The van der Waals surface area contributed by atoms with Gasteiger partial charge in [-0.1, -0.05) is 6.42 Å². The molecule has 0 bridgehead atoms. The predicted molar refractivity (Wildman–Crippen MR) is 47.0 cm³/mol. The Balaban J connectivity index is 1.95. The van der Waals surface area contributed by atoms with E-state index in [1.165, 1.54) is 38.5 Å². The predicted octanol–water partition coefficient (Wildman–Crippen LogP) is 1.72. The fourth-order valence-corrected chi connectivity index (χ4v) is 2.44. The van der Waals surface area contributed by atoms with Crippen LogP contribution in [0.5, 0.6) is 0 Å². The average Bonchev–Trinajstić information content (AvgIpc) is 2.05. The van der Waals surface area contributed by atoms with E-state index in [1.807, 2.05) is 0 Å². The molecule has 12 heavy (non-hydrogen) atoms. The van der Waals surface area contributed by atoms with Crippen LogP contribution in [0, 0.1) is 5.41 Å². The van der Waals surface area contributed by atoms with Gasteiger partial charge in [-0.3, -0.25) is 0 Å². The highest BCUT2D eigenvalue weighted by molar-refractivity contribution is 4.94. The van der Waals surface area contributed by atoms with Crippen LogP contribution in [0.2, 0.25) is 0 Å². The summed E-state index contributed by atoms with van der Waals surface area (Å²) in [6, 6.07) is 0. The summed E-state index contributed by atoms with van der Waals surface area (Å²) in [5.74, 6) is 0. The van der Waals surface area contributed by atoms with E-state index in [4.69, 9.17) is 4.74 Å². The maximum absolute atomic E-state index is 9.31. The van der Waals surface area contributed by atoms with Crippen molar-refractivity contribution in [2.45, 2.75) is 44.6 Å². The van der Waals surface area contributed by atoms with E-state index in [9.17, 15) is 5.11 Å². The first-order valence-corrected chi connectivity index (χ1v) is 5.10. The Morgan fingerprint density at radius 2 is 2.08 bits per heavy atom. The molecule has 2 heteroatoms. The number of aliphatic hydroxyl groups excluding tert-OH is 1. The fraction of sp³-hybridized carbons (Fsp3) is 1.00. The molecule has 0 aromatic rings. The molecule has 1 N–H and O–H groups in total. The van der Waals surface area contributed by atoms with E-state index >= 15 is 0 Å². The molecule has 1 heterocycles. The number of ether oxygens (including phenoxy) is 1. The van der Waals surface area contributed by atoms with Crippen molar-refractivity contribution in [2.75, 3.05) is 13.2 Å². The molecule has 1 aliphatic heterocycles. The number of aliphatic hydroxyl groups is 1. The minimum Gasteiger partial charge on any atom is -0.396 e. The normalized spacial score (nSPS) is 34.2. The summed E-state index contributed by atoms with van der Waals surface area (Å²) in [5.41, 5.74) is 0.167. The molecular weight excluding hydrogens is 152 g/mol. The summed E-state index contributed by atoms with van der Waals surface area (Å²) in [4.78, 5) is 0. The Hall–Kier alpha value is -0.0800. The molecule has 1 atom stereocenters. The maximum atomic E-state index is 9.31. The SMILES string of the molecule is OCC1(C2CCCCO2)CCC1. The topological polar surface area (TPSA) is 29.5 Å². The summed E-state index contributed by atoms with van der Waals surface area (Å²) in [6.07, 6.45) is 7.65. The van der Waals surface area contributed by atoms with E-state index in [1.54, 1.807) is 0 Å². The van der Waals surface area contributed by atoms with Crippen molar-refractivity contribution in [2.24, 2.45) is 5.41 Å². The molecule has 70 valence electrons. The van der Waals surface area contributed by atoms with Crippen LogP contribution in [0.3, 0.4) is 0 Å². The molecule has 0 aromatic heterocycles. The summed E-state index contributed by atoms with van der Waals surface area (Å²) in [7, 11) is 0. The van der Waals surface area contributed by atoms with Gasteiger partial charge in [0.15, 0.2) is 0 Å². The third-order valence-corrected chi connectivity index (χ3v) is 3.53. The molecule has 0 aromatic carbocycles. The number of hydrogen-bond acceptors (Lipinski definition) is 2. The zero-order valence-electron chi connectivity index (χ0n) is 7.59. The Morgan fingerprint density at radius 1 is 1.25 bits per heavy atom. The maximum Gasteiger partial charge on any atom is 0.0653 e. The van der Waals surface area contributed by atoms with Crippen molar-refractivity contribution < 1.29 is 9.84 Å².